The van der Waals surface area contributed by atoms with Crippen LogP contribution in [0.3, 0.4) is 0 Å². The topological polar surface area (TPSA) is 26.3 Å². The molecule has 1 aliphatic rings. The highest BCUT2D eigenvalue weighted by atomic mass is 32.2. The van der Waals surface area contributed by atoms with Crippen LogP contribution < -0.4 is 0 Å². The highest BCUT2D eigenvalue weighted by molar-refractivity contribution is 8.17. The van der Waals surface area contributed by atoms with Gasteiger partial charge in [0.2, 0.25) is 0 Å². The van der Waals surface area contributed by atoms with Gasteiger partial charge < -0.3 is 4.74 Å². The van der Waals surface area contributed by atoms with Crippen LogP contribution in [0.15, 0.2) is 92.4 Å². The summed E-state index contributed by atoms with van der Waals surface area (Å²) in [7, 11) is -0.632. The Morgan fingerprint density at radius 3 is 1.74 bits per heavy atom. The standard InChI is InChI=1S/C31H38O2S2/c1-23-10-16-27(17-11-23)35(28-18-12-24(2)13-19-28)29-20-14-26(15-21-29)34-22-30(32)33-31(3,4)25-8-6-5-7-9-25/h10-21,25,35H,5-9,22H2,1-4H3. The molecule has 2 nitrogen and oxygen atoms in total. The molecule has 4 heteroatoms. The largest absolute Gasteiger partial charge is 0.459 e. The molecule has 0 aromatic heterocycles. The van der Waals surface area contributed by atoms with Crippen molar-refractivity contribution in [3.8, 4) is 0 Å². The summed E-state index contributed by atoms with van der Waals surface area (Å²) in [6.45, 7) is 8.42. The number of esters is 1. The monoisotopic (exact) mass is 506 g/mol. The van der Waals surface area contributed by atoms with Gasteiger partial charge in [0, 0.05) is 4.90 Å². The Kier molecular flexibility index (Phi) is 8.67. The van der Waals surface area contributed by atoms with Crippen LogP contribution in [0.2, 0.25) is 0 Å². The maximum Gasteiger partial charge on any atom is 0.316 e. The van der Waals surface area contributed by atoms with Crippen LogP contribution in [0.4, 0.5) is 0 Å². The van der Waals surface area contributed by atoms with Crippen LogP contribution in [0.25, 0.3) is 0 Å². The molecule has 0 radical (unpaired) electrons. The van der Waals surface area contributed by atoms with Gasteiger partial charge >= 0.3 is 5.97 Å². The number of carbonyl (C=O) groups is 1. The number of rotatable bonds is 8. The first-order valence-electron chi connectivity index (χ1n) is 12.7. The Bertz CT molecular complexity index is 1050. The summed E-state index contributed by atoms with van der Waals surface area (Å²) in [4.78, 5) is 17.8. The van der Waals surface area contributed by atoms with Gasteiger partial charge in [0.1, 0.15) is 5.60 Å². The van der Waals surface area contributed by atoms with Gasteiger partial charge in [-0.15, -0.1) is 11.8 Å². The molecular formula is C31H38O2S2. The second-order valence-electron chi connectivity index (χ2n) is 10.2. The number of hydrogen-bond acceptors (Lipinski definition) is 3. The Hall–Kier alpha value is -2.17. The van der Waals surface area contributed by atoms with Crippen molar-refractivity contribution in [1.82, 2.24) is 0 Å². The van der Waals surface area contributed by atoms with Crippen molar-refractivity contribution in [2.45, 2.75) is 85.0 Å². The summed E-state index contributed by atoms with van der Waals surface area (Å²) in [6.07, 6.45) is 6.14. The van der Waals surface area contributed by atoms with Crippen molar-refractivity contribution in [3.05, 3.63) is 83.9 Å². The first-order valence-corrected chi connectivity index (χ1v) is 15.0. The predicted molar refractivity (Wildman–Crippen MR) is 150 cm³/mol. The quantitative estimate of drug-likeness (QED) is 0.188. The SMILES string of the molecule is Cc1ccc([SH](c2ccc(C)cc2)c2ccc(SCC(=O)OC(C)(C)C3CCCCC3)cc2)cc1. The van der Waals surface area contributed by atoms with E-state index >= 15 is 0 Å². The van der Waals surface area contributed by atoms with Gasteiger partial charge in [-0.3, -0.25) is 4.79 Å². The molecule has 0 aliphatic heterocycles. The zero-order chi connectivity index (χ0) is 24.8. The number of ether oxygens (including phenoxy) is 1. The van der Waals surface area contributed by atoms with Gasteiger partial charge in [-0.1, -0.05) is 54.7 Å². The number of benzene rings is 3. The first kappa shape index (κ1) is 25.9. The highest BCUT2D eigenvalue weighted by Gasteiger charge is 2.34. The van der Waals surface area contributed by atoms with Crippen LogP contribution in [0, 0.1) is 19.8 Å². The summed E-state index contributed by atoms with van der Waals surface area (Å²) in [5, 5.41) is 0. The van der Waals surface area contributed by atoms with Gasteiger partial charge in [0.15, 0.2) is 0 Å². The Morgan fingerprint density at radius 1 is 0.800 bits per heavy atom. The third kappa shape index (κ3) is 6.95. The molecule has 0 unspecified atom stereocenters. The zero-order valence-corrected chi connectivity index (χ0v) is 23.1. The van der Waals surface area contributed by atoms with Crippen LogP contribution in [0.5, 0.6) is 0 Å². The molecule has 0 amide bonds. The normalized spacial score (nSPS) is 15.0. The molecule has 3 aromatic carbocycles. The highest BCUT2D eigenvalue weighted by Crippen LogP contribution is 2.51. The lowest BCUT2D eigenvalue weighted by atomic mass is 9.79. The number of thiol groups is 1. The van der Waals surface area contributed by atoms with Crippen molar-refractivity contribution >= 4 is 28.6 Å². The molecule has 0 N–H and O–H groups in total. The molecule has 0 spiro atoms. The van der Waals surface area contributed by atoms with E-state index in [2.05, 4.69) is 100 Å². The van der Waals surface area contributed by atoms with Crippen molar-refractivity contribution in [2.24, 2.45) is 5.92 Å². The van der Waals surface area contributed by atoms with E-state index in [4.69, 9.17) is 4.74 Å². The maximum atomic E-state index is 12.6. The lowest BCUT2D eigenvalue weighted by molar-refractivity contribution is -0.159. The third-order valence-electron chi connectivity index (χ3n) is 7.00. The molecule has 4 rings (SSSR count). The number of hydrogen-bond donors (Lipinski definition) is 1. The fraction of sp³-hybridized carbons (Fsp3) is 0.387. The summed E-state index contributed by atoms with van der Waals surface area (Å²) in [6, 6.07) is 26.6. The summed E-state index contributed by atoms with van der Waals surface area (Å²) in [5.74, 6) is 0.712. The Labute approximate surface area is 218 Å². The molecule has 186 valence electrons. The van der Waals surface area contributed by atoms with Gasteiger partial charge in [0.05, 0.1) is 5.75 Å². The lowest BCUT2D eigenvalue weighted by Gasteiger charge is -2.36. The second kappa shape index (κ2) is 11.7. The molecule has 35 heavy (non-hydrogen) atoms. The minimum absolute atomic E-state index is 0.115. The van der Waals surface area contributed by atoms with Gasteiger partial charge in [-0.25, -0.2) is 0 Å². The third-order valence-corrected chi connectivity index (χ3v) is 10.4. The van der Waals surface area contributed by atoms with E-state index in [-0.39, 0.29) is 11.6 Å². The minimum atomic E-state index is -0.632. The molecule has 1 fully saturated rings. The van der Waals surface area contributed by atoms with Crippen LogP contribution in [-0.2, 0) is 9.53 Å². The molecule has 0 atom stereocenters. The Morgan fingerprint density at radius 2 is 1.26 bits per heavy atom. The van der Waals surface area contributed by atoms with E-state index in [1.54, 1.807) is 11.8 Å². The molecule has 0 heterocycles. The average Bonchev–Trinajstić information content (AvgIpc) is 2.86. The summed E-state index contributed by atoms with van der Waals surface area (Å²) < 4.78 is 5.94. The van der Waals surface area contributed by atoms with Gasteiger partial charge in [-0.2, -0.15) is 10.9 Å². The van der Waals surface area contributed by atoms with E-state index in [9.17, 15) is 4.79 Å². The smallest absolute Gasteiger partial charge is 0.316 e. The molecular weight excluding hydrogens is 468 g/mol. The first-order chi connectivity index (χ1) is 16.8. The predicted octanol–water partition coefficient (Wildman–Crippen LogP) is 8.78. The Balaban J connectivity index is 1.43. The van der Waals surface area contributed by atoms with Crippen molar-refractivity contribution in [1.29, 1.82) is 0 Å². The zero-order valence-electron chi connectivity index (χ0n) is 21.4. The second-order valence-corrected chi connectivity index (χ2v) is 13.5. The van der Waals surface area contributed by atoms with E-state index < -0.39 is 10.9 Å². The fourth-order valence-corrected chi connectivity index (χ4v) is 7.78. The van der Waals surface area contributed by atoms with E-state index in [0.717, 1.165) is 4.90 Å². The van der Waals surface area contributed by atoms with E-state index in [1.807, 2.05) is 0 Å². The number of aryl methyl sites for hydroxylation is 2. The van der Waals surface area contributed by atoms with Crippen LogP contribution in [-0.4, -0.2) is 17.3 Å². The van der Waals surface area contributed by atoms with E-state index in [0.29, 0.717) is 11.7 Å². The van der Waals surface area contributed by atoms with Crippen molar-refractivity contribution in [2.75, 3.05) is 5.75 Å². The average molecular weight is 507 g/mol. The summed E-state index contributed by atoms with van der Waals surface area (Å²) >= 11 is 1.56. The van der Waals surface area contributed by atoms with E-state index in [1.165, 1.54) is 57.9 Å². The molecule has 1 aliphatic carbocycles. The lowest BCUT2D eigenvalue weighted by Crippen LogP contribution is -2.38. The van der Waals surface area contributed by atoms with Gasteiger partial charge in [0.25, 0.3) is 0 Å². The number of thioether (sulfide) groups is 1. The summed E-state index contributed by atoms with van der Waals surface area (Å²) in [5.41, 5.74) is 2.18. The van der Waals surface area contributed by atoms with Crippen LogP contribution >= 0.6 is 22.7 Å². The van der Waals surface area contributed by atoms with Crippen molar-refractivity contribution in [3.63, 3.8) is 0 Å². The van der Waals surface area contributed by atoms with Crippen molar-refractivity contribution < 1.29 is 9.53 Å². The minimum Gasteiger partial charge on any atom is -0.459 e. The number of carbonyl (C=O) groups excluding carboxylic acids is 1. The fourth-order valence-electron chi connectivity index (χ4n) is 4.87. The molecule has 0 bridgehead atoms. The van der Waals surface area contributed by atoms with Crippen LogP contribution in [0.1, 0.15) is 57.1 Å². The van der Waals surface area contributed by atoms with Gasteiger partial charge in [-0.05, 0) is 110 Å². The molecule has 0 saturated heterocycles. The molecule has 3 aromatic rings. The maximum absolute atomic E-state index is 12.6. The molecule has 1 saturated carbocycles.